The van der Waals surface area contributed by atoms with Gasteiger partial charge in [-0.05, 0) is 116 Å². The molecule has 1 aromatic heterocycles. The van der Waals surface area contributed by atoms with Crippen molar-refractivity contribution in [2.75, 3.05) is 5.32 Å². The number of hydrogen-bond donors (Lipinski definition) is 1. The SMILES string of the molecule is C=C/C=C(\C=C)c1ccc(-c2ccc(-n3c(C=C)c(C=C)c4cc(-c5ccc(Nc6cccc(-c7ccc(-c8ccccc8)cc7)c6)cc5)ccc43)cc2)cc1.CC(C)C. The van der Waals surface area contributed by atoms with E-state index in [-0.39, 0.29) is 0 Å². The first-order chi connectivity index (χ1) is 29.3. The van der Waals surface area contributed by atoms with Crippen LogP contribution in [0, 0.1) is 5.92 Å². The van der Waals surface area contributed by atoms with Gasteiger partial charge in [-0.25, -0.2) is 0 Å². The average molecular weight is 777 g/mol. The number of benzene rings is 7. The Kier molecular flexibility index (Phi) is 12.8. The number of aromatic nitrogens is 1. The van der Waals surface area contributed by atoms with Crippen LogP contribution >= 0.6 is 0 Å². The molecular formula is C58H52N2. The Labute approximate surface area is 356 Å². The van der Waals surface area contributed by atoms with E-state index in [0.717, 1.165) is 78.5 Å². The van der Waals surface area contributed by atoms with Crippen LogP contribution in [0.1, 0.15) is 37.6 Å². The van der Waals surface area contributed by atoms with Crippen LogP contribution in [0.25, 0.3) is 78.8 Å². The minimum Gasteiger partial charge on any atom is -0.356 e. The van der Waals surface area contributed by atoms with Gasteiger partial charge in [0.15, 0.2) is 0 Å². The van der Waals surface area contributed by atoms with Crippen LogP contribution in [0.4, 0.5) is 11.4 Å². The quantitative estimate of drug-likeness (QED) is 0.122. The van der Waals surface area contributed by atoms with Crippen molar-refractivity contribution in [2.24, 2.45) is 5.92 Å². The van der Waals surface area contributed by atoms with E-state index in [1.165, 1.54) is 22.3 Å². The molecule has 8 rings (SSSR count). The number of fused-ring (bicyclic) bond motifs is 1. The molecular weight excluding hydrogens is 725 g/mol. The third-order valence-electron chi connectivity index (χ3n) is 10.3. The fraction of sp³-hybridized carbons (Fsp3) is 0.0690. The summed E-state index contributed by atoms with van der Waals surface area (Å²) in [5.41, 5.74) is 17.9. The van der Waals surface area contributed by atoms with Crippen LogP contribution in [0.3, 0.4) is 0 Å². The van der Waals surface area contributed by atoms with E-state index < -0.39 is 0 Å². The highest BCUT2D eigenvalue weighted by Gasteiger charge is 2.16. The summed E-state index contributed by atoms with van der Waals surface area (Å²) in [4.78, 5) is 0. The third kappa shape index (κ3) is 9.15. The van der Waals surface area contributed by atoms with Crippen molar-refractivity contribution in [3.05, 3.63) is 231 Å². The highest BCUT2D eigenvalue weighted by Crippen LogP contribution is 2.36. The average Bonchev–Trinajstić information content (AvgIpc) is 3.61. The summed E-state index contributed by atoms with van der Waals surface area (Å²) in [6, 6.07) is 60.3. The van der Waals surface area contributed by atoms with Gasteiger partial charge in [-0.3, -0.25) is 0 Å². The van der Waals surface area contributed by atoms with Gasteiger partial charge in [0, 0.05) is 28.0 Å². The second kappa shape index (κ2) is 18.9. The van der Waals surface area contributed by atoms with Crippen LogP contribution in [-0.4, -0.2) is 4.57 Å². The Morgan fingerprint density at radius 1 is 0.500 bits per heavy atom. The smallest absolute Gasteiger partial charge is 0.0541 e. The standard InChI is InChI=1S/C54H42N2.C4H10/c1-5-13-38(6-2)40-18-20-42(21-19-40)43-28-33-50(34-29-43)56-53(8-4)51(7-3)52-37-47(30-35-54(52)56)45-26-31-48(32-27-45)55-49-17-12-16-46(36-49)44-24-22-41(23-25-44)39-14-10-9-11-15-39;1-4(2)3/h5-37,55H,1-4H2;4H,1-3H3/b38-13+;. The second-order valence-electron chi connectivity index (χ2n) is 15.4. The van der Waals surface area contributed by atoms with Crippen molar-refractivity contribution in [2.45, 2.75) is 20.8 Å². The molecule has 0 aliphatic carbocycles. The Bertz CT molecular complexity index is 2770. The van der Waals surface area contributed by atoms with E-state index in [1.54, 1.807) is 6.08 Å². The fourth-order valence-electron chi connectivity index (χ4n) is 7.45. The van der Waals surface area contributed by atoms with Gasteiger partial charge >= 0.3 is 0 Å². The normalized spacial score (nSPS) is 11.1. The van der Waals surface area contributed by atoms with Crippen molar-refractivity contribution in [1.82, 2.24) is 4.57 Å². The first-order valence-electron chi connectivity index (χ1n) is 20.5. The molecule has 0 saturated heterocycles. The molecule has 0 atom stereocenters. The summed E-state index contributed by atoms with van der Waals surface area (Å²) >= 11 is 0. The summed E-state index contributed by atoms with van der Waals surface area (Å²) in [7, 11) is 0. The molecule has 1 N–H and O–H groups in total. The van der Waals surface area contributed by atoms with Crippen LogP contribution in [0.2, 0.25) is 0 Å². The van der Waals surface area contributed by atoms with Crippen molar-refractivity contribution in [1.29, 1.82) is 0 Å². The predicted molar refractivity (Wildman–Crippen MR) is 264 cm³/mol. The molecule has 0 aliphatic rings. The van der Waals surface area contributed by atoms with E-state index in [4.69, 9.17) is 0 Å². The zero-order valence-electron chi connectivity index (χ0n) is 34.9. The molecule has 0 unspecified atom stereocenters. The highest BCUT2D eigenvalue weighted by atomic mass is 15.0. The molecule has 2 nitrogen and oxygen atoms in total. The minimum absolute atomic E-state index is 0.833. The van der Waals surface area contributed by atoms with Gasteiger partial charge in [-0.15, -0.1) is 0 Å². The molecule has 0 spiro atoms. The minimum atomic E-state index is 0.833. The molecule has 0 radical (unpaired) electrons. The molecule has 8 aromatic rings. The molecule has 1 heterocycles. The lowest BCUT2D eigenvalue weighted by Gasteiger charge is -2.12. The lowest BCUT2D eigenvalue weighted by molar-refractivity contribution is 0.737. The van der Waals surface area contributed by atoms with E-state index in [1.807, 2.05) is 30.4 Å². The number of anilines is 2. The zero-order chi connectivity index (χ0) is 42.0. The maximum absolute atomic E-state index is 4.20. The van der Waals surface area contributed by atoms with E-state index in [0.29, 0.717) is 0 Å². The summed E-state index contributed by atoms with van der Waals surface area (Å²) < 4.78 is 2.27. The van der Waals surface area contributed by atoms with Crippen LogP contribution in [0.5, 0.6) is 0 Å². The Balaban J connectivity index is 0.00000130. The lowest BCUT2D eigenvalue weighted by atomic mass is 10.00. The van der Waals surface area contributed by atoms with E-state index in [9.17, 15) is 0 Å². The molecule has 0 fully saturated rings. The van der Waals surface area contributed by atoms with Gasteiger partial charge in [-0.1, -0.05) is 193 Å². The predicted octanol–water partition coefficient (Wildman–Crippen LogP) is 16.7. The molecule has 7 aromatic carbocycles. The molecule has 0 aliphatic heterocycles. The maximum atomic E-state index is 4.20. The first-order valence-corrected chi connectivity index (χ1v) is 20.5. The van der Waals surface area contributed by atoms with Crippen LogP contribution in [0.15, 0.2) is 214 Å². The zero-order valence-corrected chi connectivity index (χ0v) is 34.9. The number of rotatable bonds is 12. The monoisotopic (exact) mass is 776 g/mol. The topological polar surface area (TPSA) is 17.0 Å². The molecule has 0 bridgehead atoms. The summed E-state index contributed by atoms with van der Waals surface area (Å²) in [6.45, 7) is 22.7. The highest BCUT2D eigenvalue weighted by molar-refractivity contribution is 5.98. The van der Waals surface area contributed by atoms with Gasteiger partial charge in [0.2, 0.25) is 0 Å². The first kappa shape index (κ1) is 40.8. The summed E-state index contributed by atoms with van der Waals surface area (Å²) in [5, 5.41) is 4.74. The van der Waals surface area contributed by atoms with Gasteiger partial charge in [0.25, 0.3) is 0 Å². The molecule has 0 amide bonds. The van der Waals surface area contributed by atoms with Crippen molar-refractivity contribution < 1.29 is 0 Å². The molecule has 294 valence electrons. The molecule has 60 heavy (non-hydrogen) atoms. The summed E-state index contributed by atoms with van der Waals surface area (Å²) in [6.07, 6.45) is 9.47. The van der Waals surface area contributed by atoms with Crippen molar-refractivity contribution in [3.8, 4) is 50.2 Å². The third-order valence-corrected chi connectivity index (χ3v) is 10.3. The van der Waals surface area contributed by atoms with E-state index in [2.05, 4.69) is 221 Å². The van der Waals surface area contributed by atoms with Gasteiger partial charge in [-0.2, -0.15) is 0 Å². The molecule has 0 saturated carbocycles. The van der Waals surface area contributed by atoms with Crippen molar-refractivity contribution in [3.63, 3.8) is 0 Å². The maximum Gasteiger partial charge on any atom is 0.0541 e. The van der Waals surface area contributed by atoms with Crippen molar-refractivity contribution >= 4 is 40.0 Å². The fourth-order valence-corrected chi connectivity index (χ4v) is 7.45. The van der Waals surface area contributed by atoms with Gasteiger partial charge in [0.05, 0.1) is 11.2 Å². The van der Waals surface area contributed by atoms with Crippen LogP contribution < -0.4 is 5.32 Å². The number of nitrogens with zero attached hydrogens (tertiary/aromatic N) is 1. The largest absolute Gasteiger partial charge is 0.356 e. The van der Waals surface area contributed by atoms with Gasteiger partial charge in [0.1, 0.15) is 0 Å². The Morgan fingerprint density at radius 3 is 1.57 bits per heavy atom. The van der Waals surface area contributed by atoms with Gasteiger partial charge < -0.3 is 9.88 Å². The summed E-state index contributed by atoms with van der Waals surface area (Å²) in [5.74, 6) is 0.833. The lowest BCUT2D eigenvalue weighted by Crippen LogP contribution is -1.97. The number of hydrogen-bond acceptors (Lipinski definition) is 1. The molecule has 2 heteroatoms. The number of allylic oxidation sites excluding steroid dienone is 4. The number of nitrogens with one attached hydrogen (secondary N) is 1. The van der Waals surface area contributed by atoms with E-state index >= 15 is 0 Å². The second-order valence-corrected chi connectivity index (χ2v) is 15.4. The Hall–Kier alpha value is -7.42. The Morgan fingerprint density at radius 2 is 1.00 bits per heavy atom. The van der Waals surface area contributed by atoms with Crippen LogP contribution in [-0.2, 0) is 0 Å².